The van der Waals surface area contributed by atoms with E-state index in [1.54, 1.807) is 0 Å². The van der Waals surface area contributed by atoms with Gasteiger partial charge in [0.1, 0.15) is 0 Å². The number of rotatable bonds is 40. The average molecular weight is 1190 g/mol. The minimum atomic E-state index is 0.623. The Kier molecular flexibility index (Phi) is 27.6. The van der Waals surface area contributed by atoms with Crippen LogP contribution in [-0.4, -0.2) is 52.9 Å². The van der Waals surface area contributed by atoms with Crippen molar-refractivity contribution in [3.63, 3.8) is 0 Å². The lowest BCUT2D eigenvalue weighted by molar-refractivity contribution is 0.260. The first kappa shape index (κ1) is 66.8. The van der Waals surface area contributed by atoms with Gasteiger partial charge in [-0.15, -0.1) is 0 Å². The molecular weight excluding hydrogens is 1090 g/mol. The normalized spacial score (nSPS) is 11.3. The SMILES string of the molecule is CCCCCOc1cc2c3ccc(C#CC#Cc4ccc5c(c4)c4cc(OCCCCC)c(OCCCCC)cc4c4cc(OCCCCC)c(OCCCCC)cc54)cc3c3cc(OCCCCC)c(OCCCCC)cc3c2cc1OCCCCC. The van der Waals surface area contributed by atoms with Gasteiger partial charge in [0, 0.05) is 11.1 Å². The zero-order valence-electron chi connectivity index (χ0n) is 55.0. The van der Waals surface area contributed by atoms with Crippen LogP contribution in [0.5, 0.6) is 46.0 Å². The molecule has 8 aromatic carbocycles. The molecule has 0 aliphatic rings. The molecule has 88 heavy (non-hydrogen) atoms. The molecule has 0 aliphatic heterocycles. The van der Waals surface area contributed by atoms with Crippen molar-refractivity contribution in [2.24, 2.45) is 0 Å². The molecule has 0 spiro atoms. The first-order valence-corrected chi connectivity index (χ1v) is 34.4. The number of benzene rings is 8. The second kappa shape index (κ2) is 36.4. The van der Waals surface area contributed by atoms with Crippen LogP contribution in [0.15, 0.2) is 84.9 Å². The van der Waals surface area contributed by atoms with Crippen molar-refractivity contribution in [1.82, 2.24) is 0 Å². The third-order valence-electron chi connectivity index (χ3n) is 16.6. The third kappa shape index (κ3) is 18.2. The Balaban J connectivity index is 1.26. The van der Waals surface area contributed by atoms with Gasteiger partial charge in [-0.25, -0.2) is 0 Å². The first-order valence-electron chi connectivity index (χ1n) is 34.4. The standard InChI is InChI=1S/C80H102O8/c1-9-17-27-41-81-73-51-65-61-39-37-59(49-63(61)67-53-75(83-43-29-19-11-3)79(87-47-33-23-15-7)57-71(67)69(65)55-77(73)85-45-31-21-13-5)35-25-26-36-60-38-40-62-64(50-60)68-54-76(84-44-30-20-12-4)80(88-48-34-24-16-8)58-72(68)70-56-78(86-46-32-22-14-6)74(52-66(62)70)82-42-28-18-10-2/h37-40,49-58H,9-24,27-34,41-48H2,1-8H3. The highest BCUT2D eigenvalue weighted by atomic mass is 16.5. The monoisotopic (exact) mass is 1190 g/mol. The highest BCUT2D eigenvalue weighted by Crippen LogP contribution is 2.47. The van der Waals surface area contributed by atoms with Gasteiger partial charge in [0.05, 0.1) is 52.9 Å². The van der Waals surface area contributed by atoms with Crippen LogP contribution in [0.3, 0.4) is 0 Å². The van der Waals surface area contributed by atoms with Crippen molar-refractivity contribution in [2.75, 3.05) is 52.9 Å². The van der Waals surface area contributed by atoms with Gasteiger partial charge in [0.15, 0.2) is 46.0 Å². The lowest BCUT2D eigenvalue weighted by Gasteiger charge is -2.19. The van der Waals surface area contributed by atoms with E-state index in [9.17, 15) is 0 Å². The molecule has 0 N–H and O–H groups in total. The van der Waals surface area contributed by atoms with Gasteiger partial charge in [-0.3, -0.25) is 0 Å². The van der Waals surface area contributed by atoms with E-state index in [1.165, 1.54) is 0 Å². The summed E-state index contributed by atoms with van der Waals surface area (Å²) >= 11 is 0. The highest BCUT2D eigenvalue weighted by molar-refractivity contribution is 6.27. The fourth-order valence-corrected chi connectivity index (χ4v) is 11.6. The van der Waals surface area contributed by atoms with Crippen LogP contribution in [0.1, 0.15) is 221 Å². The largest absolute Gasteiger partial charge is 0.490 e. The molecule has 8 aromatic rings. The number of fused-ring (bicyclic) bond motifs is 12. The van der Waals surface area contributed by atoms with Gasteiger partial charge in [-0.1, -0.05) is 182 Å². The maximum atomic E-state index is 6.64. The summed E-state index contributed by atoms with van der Waals surface area (Å²) < 4.78 is 53.0. The Labute approximate surface area is 528 Å². The molecule has 470 valence electrons. The van der Waals surface area contributed by atoms with Crippen molar-refractivity contribution >= 4 is 64.6 Å². The number of hydrogen-bond donors (Lipinski definition) is 0. The molecule has 0 fully saturated rings. The molecule has 0 bridgehead atoms. The summed E-state index contributed by atoms with van der Waals surface area (Å²) in [6, 6.07) is 30.7. The average Bonchev–Trinajstić information content (AvgIpc) is 0.843. The van der Waals surface area contributed by atoms with E-state index in [2.05, 4.69) is 164 Å². The van der Waals surface area contributed by atoms with Crippen molar-refractivity contribution in [3.8, 4) is 69.7 Å². The van der Waals surface area contributed by atoms with Crippen molar-refractivity contribution < 1.29 is 37.9 Å². The number of unbranched alkanes of at least 4 members (excludes halogenated alkanes) is 16. The topological polar surface area (TPSA) is 73.8 Å². The fraction of sp³-hybridized carbons (Fsp3) is 0.500. The van der Waals surface area contributed by atoms with E-state index >= 15 is 0 Å². The third-order valence-corrected chi connectivity index (χ3v) is 16.6. The molecule has 0 heterocycles. The molecule has 0 radical (unpaired) electrons. The summed E-state index contributed by atoms with van der Waals surface area (Å²) in [5, 5.41) is 13.0. The summed E-state index contributed by atoms with van der Waals surface area (Å²) in [4.78, 5) is 0. The minimum Gasteiger partial charge on any atom is -0.490 e. The Morgan fingerprint density at radius 3 is 0.557 bits per heavy atom. The lowest BCUT2D eigenvalue weighted by atomic mass is 9.92. The molecule has 8 rings (SSSR count). The van der Waals surface area contributed by atoms with Crippen LogP contribution in [0, 0.1) is 23.7 Å². The zero-order chi connectivity index (χ0) is 61.7. The van der Waals surface area contributed by atoms with E-state index in [4.69, 9.17) is 37.9 Å². The van der Waals surface area contributed by atoms with E-state index in [1.807, 2.05) is 0 Å². The summed E-state index contributed by atoms with van der Waals surface area (Å²) in [5.74, 6) is 19.7. The molecule has 0 saturated heterocycles. The molecule has 0 aliphatic carbocycles. The Morgan fingerprint density at radius 1 is 0.205 bits per heavy atom. The summed E-state index contributed by atoms with van der Waals surface area (Å²) in [7, 11) is 0. The number of ether oxygens (including phenoxy) is 8. The van der Waals surface area contributed by atoms with Gasteiger partial charge >= 0.3 is 0 Å². The van der Waals surface area contributed by atoms with Crippen molar-refractivity contribution in [1.29, 1.82) is 0 Å². The molecule has 8 heteroatoms. The van der Waals surface area contributed by atoms with Gasteiger partial charge < -0.3 is 37.9 Å². The Hall–Kier alpha value is -7.16. The van der Waals surface area contributed by atoms with Crippen LogP contribution in [0.25, 0.3) is 64.6 Å². The molecule has 8 nitrogen and oxygen atoms in total. The molecule has 0 amide bonds. The van der Waals surface area contributed by atoms with Gasteiger partial charge in [0.2, 0.25) is 0 Å². The van der Waals surface area contributed by atoms with Crippen LogP contribution < -0.4 is 37.9 Å². The van der Waals surface area contributed by atoms with Crippen molar-refractivity contribution in [2.45, 2.75) is 209 Å². The molecular formula is C80H102O8. The predicted molar refractivity (Wildman–Crippen MR) is 372 cm³/mol. The second-order valence-electron chi connectivity index (χ2n) is 23.8. The van der Waals surface area contributed by atoms with Crippen LogP contribution >= 0.6 is 0 Å². The highest BCUT2D eigenvalue weighted by Gasteiger charge is 2.21. The van der Waals surface area contributed by atoms with Gasteiger partial charge in [-0.2, -0.15) is 0 Å². The smallest absolute Gasteiger partial charge is 0.161 e. The first-order chi connectivity index (χ1) is 43.4. The number of hydrogen-bond acceptors (Lipinski definition) is 8. The van der Waals surface area contributed by atoms with E-state index in [-0.39, 0.29) is 0 Å². The summed E-state index contributed by atoms with van der Waals surface area (Å²) in [5.41, 5.74) is 1.74. The van der Waals surface area contributed by atoms with Gasteiger partial charge in [-0.05, 0) is 201 Å². The second-order valence-corrected chi connectivity index (χ2v) is 23.8. The Bertz CT molecular complexity index is 3390. The van der Waals surface area contributed by atoms with Crippen LogP contribution in [0.2, 0.25) is 0 Å². The zero-order valence-corrected chi connectivity index (χ0v) is 55.0. The quantitative estimate of drug-likeness (QED) is 0.0214. The van der Waals surface area contributed by atoms with Crippen molar-refractivity contribution in [3.05, 3.63) is 96.1 Å². The van der Waals surface area contributed by atoms with E-state index in [0.29, 0.717) is 52.9 Å². The van der Waals surface area contributed by atoms with Crippen LogP contribution in [0.4, 0.5) is 0 Å². The van der Waals surface area contributed by atoms with E-state index in [0.717, 1.165) is 276 Å². The lowest BCUT2D eigenvalue weighted by Crippen LogP contribution is -2.04. The maximum Gasteiger partial charge on any atom is 0.161 e. The minimum absolute atomic E-state index is 0.623. The summed E-state index contributed by atoms with van der Waals surface area (Å²) in [6.45, 7) is 22.8. The summed E-state index contributed by atoms with van der Waals surface area (Å²) in [6.07, 6.45) is 25.7. The molecule has 0 atom stereocenters. The fourth-order valence-electron chi connectivity index (χ4n) is 11.6. The predicted octanol–water partition coefficient (Wildman–Crippen LogP) is 22.6. The van der Waals surface area contributed by atoms with E-state index < -0.39 is 0 Å². The van der Waals surface area contributed by atoms with Gasteiger partial charge in [0.25, 0.3) is 0 Å². The Morgan fingerprint density at radius 2 is 0.375 bits per heavy atom. The molecule has 0 unspecified atom stereocenters. The maximum absolute atomic E-state index is 6.64. The molecule has 0 aromatic heterocycles. The molecule has 0 saturated carbocycles. The van der Waals surface area contributed by atoms with Crippen LogP contribution in [-0.2, 0) is 0 Å².